The first-order valence-corrected chi connectivity index (χ1v) is 9.93. The monoisotopic (exact) mass is 444 g/mol. The molecule has 0 saturated carbocycles. The van der Waals surface area contributed by atoms with Gasteiger partial charge < -0.3 is 15.2 Å². The summed E-state index contributed by atoms with van der Waals surface area (Å²) in [7, 11) is 2.58. The van der Waals surface area contributed by atoms with Gasteiger partial charge in [-0.2, -0.15) is 10.5 Å². The summed E-state index contributed by atoms with van der Waals surface area (Å²) in [6.07, 6.45) is 0. The molecule has 0 unspecified atom stereocenters. The van der Waals surface area contributed by atoms with Crippen LogP contribution in [-0.4, -0.2) is 31.1 Å². The maximum absolute atomic E-state index is 11.7. The number of nitriles is 2. The SMILES string of the molecule is COC(=O)c1ccc(Sc2nc(N)c(C#N)c(-c3ccc(C(=O)OC)cc3)c2C#N)cc1. The Morgan fingerprint density at radius 2 is 1.38 bits per heavy atom. The maximum atomic E-state index is 11.7. The van der Waals surface area contributed by atoms with Gasteiger partial charge in [0.2, 0.25) is 0 Å². The molecule has 0 aliphatic heterocycles. The molecule has 0 atom stereocenters. The highest BCUT2D eigenvalue weighted by Gasteiger charge is 2.21. The van der Waals surface area contributed by atoms with Crippen molar-refractivity contribution in [3.63, 3.8) is 0 Å². The van der Waals surface area contributed by atoms with E-state index in [1.165, 1.54) is 26.0 Å². The van der Waals surface area contributed by atoms with Crippen molar-refractivity contribution in [2.24, 2.45) is 0 Å². The number of hydrogen-bond acceptors (Lipinski definition) is 9. The molecule has 0 radical (unpaired) electrons. The number of nitrogens with two attached hydrogens (primary N) is 1. The van der Waals surface area contributed by atoms with Gasteiger partial charge in [0.05, 0.1) is 30.9 Å². The second kappa shape index (κ2) is 9.65. The smallest absolute Gasteiger partial charge is 0.337 e. The number of carbonyl (C=O) groups is 2. The van der Waals surface area contributed by atoms with Crippen molar-refractivity contribution in [2.45, 2.75) is 9.92 Å². The number of anilines is 1. The van der Waals surface area contributed by atoms with Gasteiger partial charge in [-0.3, -0.25) is 0 Å². The van der Waals surface area contributed by atoms with Crippen LogP contribution in [0.2, 0.25) is 0 Å². The van der Waals surface area contributed by atoms with Crippen LogP contribution >= 0.6 is 11.8 Å². The molecule has 0 bridgehead atoms. The number of ether oxygens (including phenoxy) is 2. The molecule has 8 nitrogen and oxygen atoms in total. The predicted octanol–water partition coefficient (Wildman–Crippen LogP) is 3.80. The fourth-order valence-corrected chi connectivity index (χ4v) is 3.83. The van der Waals surface area contributed by atoms with E-state index in [2.05, 4.69) is 15.8 Å². The van der Waals surface area contributed by atoms with Gasteiger partial charge in [0, 0.05) is 10.5 Å². The van der Waals surface area contributed by atoms with Crippen LogP contribution in [0.1, 0.15) is 31.8 Å². The summed E-state index contributed by atoms with van der Waals surface area (Å²) in [4.78, 5) is 28.3. The van der Waals surface area contributed by atoms with Crippen LogP contribution in [-0.2, 0) is 9.47 Å². The van der Waals surface area contributed by atoms with E-state index < -0.39 is 11.9 Å². The van der Waals surface area contributed by atoms with E-state index in [0.29, 0.717) is 32.2 Å². The van der Waals surface area contributed by atoms with Crippen molar-refractivity contribution in [2.75, 3.05) is 20.0 Å². The Hall–Kier alpha value is -4.34. The summed E-state index contributed by atoms with van der Waals surface area (Å²) in [6.45, 7) is 0. The Balaban J connectivity index is 2.09. The highest BCUT2D eigenvalue weighted by Crippen LogP contribution is 2.38. The number of aromatic nitrogens is 1. The van der Waals surface area contributed by atoms with Gasteiger partial charge >= 0.3 is 11.9 Å². The van der Waals surface area contributed by atoms with Crippen LogP contribution in [0.5, 0.6) is 0 Å². The molecule has 0 spiro atoms. The zero-order valence-corrected chi connectivity index (χ0v) is 17.9. The zero-order valence-electron chi connectivity index (χ0n) is 17.1. The Morgan fingerprint density at radius 1 is 0.875 bits per heavy atom. The van der Waals surface area contributed by atoms with E-state index in [4.69, 9.17) is 10.5 Å². The average Bonchev–Trinajstić information content (AvgIpc) is 2.83. The van der Waals surface area contributed by atoms with Gasteiger partial charge in [0.15, 0.2) is 0 Å². The van der Waals surface area contributed by atoms with Crippen LogP contribution in [0.4, 0.5) is 5.82 Å². The van der Waals surface area contributed by atoms with Crippen molar-refractivity contribution in [3.05, 3.63) is 70.8 Å². The summed E-state index contributed by atoms with van der Waals surface area (Å²) >= 11 is 1.17. The highest BCUT2D eigenvalue weighted by atomic mass is 32.2. The number of nitrogen functional groups attached to an aromatic ring is 1. The highest BCUT2D eigenvalue weighted by molar-refractivity contribution is 7.99. The fourth-order valence-electron chi connectivity index (χ4n) is 2.94. The maximum Gasteiger partial charge on any atom is 0.337 e. The molecule has 2 N–H and O–H groups in total. The Kier molecular flexibility index (Phi) is 6.74. The molecule has 0 aliphatic rings. The lowest BCUT2D eigenvalue weighted by atomic mass is 9.96. The third kappa shape index (κ3) is 4.38. The number of carbonyl (C=O) groups excluding carboxylic acids is 2. The molecule has 32 heavy (non-hydrogen) atoms. The first-order chi connectivity index (χ1) is 15.4. The molecule has 1 aromatic heterocycles. The van der Waals surface area contributed by atoms with E-state index in [-0.39, 0.29) is 16.9 Å². The fraction of sp³-hybridized carbons (Fsp3) is 0.0870. The lowest BCUT2D eigenvalue weighted by Crippen LogP contribution is -2.04. The topological polar surface area (TPSA) is 139 Å². The van der Waals surface area contributed by atoms with E-state index in [9.17, 15) is 20.1 Å². The third-order valence-corrected chi connectivity index (χ3v) is 5.50. The molecule has 9 heteroatoms. The summed E-state index contributed by atoms with van der Waals surface area (Å²) in [5.74, 6) is -0.983. The van der Waals surface area contributed by atoms with Gasteiger partial charge in [-0.1, -0.05) is 23.9 Å². The number of hydrogen-bond donors (Lipinski definition) is 1. The van der Waals surface area contributed by atoms with Crippen LogP contribution in [0.15, 0.2) is 58.5 Å². The molecule has 3 aromatic rings. The number of rotatable bonds is 5. The summed E-state index contributed by atoms with van der Waals surface area (Å²) in [6, 6.07) is 17.0. The van der Waals surface area contributed by atoms with E-state index in [1.807, 2.05) is 6.07 Å². The van der Waals surface area contributed by atoms with Crippen LogP contribution in [0.25, 0.3) is 11.1 Å². The number of benzene rings is 2. The molecule has 0 saturated heterocycles. The molecule has 0 amide bonds. The largest absolute Gasteiger partial charge is 0.465 e. The van der Waals surface area contributed by atoms with Crippen LogP contribution in [0.3, 0.4) is 0 Å². The van der Waals surface area contributed by atoms with E-state index >= 15 is 0 Å². The van der Waals surface area contributed by atoms with Crippen molar-refractivity contribution in [3.8, 4) is 23.3 Å². The molecule has 2 aromatic carbocycles. The molecular formula is C23H16N4O4S. The lowest BCUT2D eigenvalue weighted by molar-refractivity contribution is 0.0592. The zero-order chi connectivity index (χ0) is 23.3. The molecule has 3 rings (SSSR count). The van der Waals surface area contributed by atoms with E-state index in [1.54, 1.807) is 48.5 Å². The summed E-state index contributed by atoms with van der Waals surface area (Å²) in [5, 5.41) is 19.8. The summed E-state index contributed by atoms with van der Waals surface area (Å²) in [5.41, 5.74) is 7.85. The Bertz CT molecular complexity index is 1270. The number of nitrogens with zero attached hydrogens (tertiary/aromatic N) is 3. The minimum absolute atomic E-state index is 0.0211. The van der Waals surface area contributed by atoms with Gasteiger partial charge in [0.1, 0.15) is 28.5 Å². The predicted molar refractivity (Wildman–Crippen MR) is 117 cm³/mol. The van der Waals surface area contributed by atoms with Crippen molar-refractivity contribution in [1.29, 1.82) is 10.5 Å². The molecular weight excluding hydrogens is 428 g/mol. The minimum atomic E-state index is -0.501. The van der Waals surface area contributed by atoms with Gasteiger partial charge in [-0.25, -0.2) is 14.6 Å². The second-order valence-corrected chi connectivity index (χ2v) is 7.40. The number of pyridine rings is 1. The van der Waals surface area contributed by atoms with Crippen LogP contribution < -0.4 is 5.73 Å². The Labute approximate surface area is 188 Å². The van der Waals surface area contributed by atoms with Crippen molar-refractivity contribution in [1.82, 2.24) is 4.98 Å². The number of methoxy groups -OCH3 is 2. The third-order valence-electron chi connectivity index (χ3n) is 4.50. The molecule has 158 valence electrons. The first kappa shape index (κ1) is 22.3. The Morgan fingerprint density at radius 3 is 1.84 bits per heavy atom. The lowest BCUT2D eigenvalue weighted by Gasteiger charge is -2.13. The average molecular weight is 444 g/mol. The molecule has 0 fully saturated rings. The normalized spacial score (nSPS) is 10.0. The van der Waals surface area contributed by atoms with Crippen molar-refractivity contribution >= 4 is 29.5 Å². The first-order valence-electron chi connectivity index (χ1n) is 9.12. The second-order valence-electron chi connectivity index (χ2n) is 6.34. The summed E-state index contributed by atoms with van der Waals surface area (Å²) < 4.78 is 9.39. The molecule has 1 heterocycles. The standard InChI is InChI=1S/C23H16N4O4S/c1-30-22(28)14-5-3-13(4-6-14)19-17(11-24)20(26)27-21(18(19)12-25)32-16-9-7-15(8-10-16)23(29)31-2/h3-10H,1-2H3,(H2,26,27). The minimum Gasteiger partial charge on any atom is -0.465 e. The van der Waals surface area contributed by atoms with Gasteiger partial charge in [-0.15, -0.1) is 0 Å². The molecule has 0 aliphatic carbocycles. The van der Waals surface area contributed by atoms with E-state index in [0.717, 1.165) is 0 Å². The van der Waals surface area contributed by atoms with Crippen molar-refractivity contribution < 1.29 is 19.1 Å². The van der Waals surface area contributed by atoms with Crippen LogP contribution in [0, 0.1) is 22.7 Å². The van der Waals surface area contributed by atoms with Gasteiger partial charge in [-0.05, 0) is 42.0 Å². The number of esters is 2. The quantitative estimate of drug-likeness (QED) is 0.582. The van der Waals surface area contributed by atoms with Gasteiger partial charge in [0.25, 0.3) is 0 Å².